The van der Waals surface area contributed by atoms with Gasteiger partial charge in [-0.25, -0.2) is 0 Å². The Morgan fingerprint density at radius 1 is 0.867 bits per heavy atom. The van der Waals surface area contributed by atoms with Gasteiger partial charge in [0.1, 0.15) is 0 Å². The second kappa shape index (κ2) is 8.04. The maximum atomic E-state index is 5.78. The summed E-state index contributed by atoms with van der Waals surface area (Å²) in [4.78, 5) is 15.1. The van der Waals surface area contributed by atoms with E-state index in [1.807, 2.05) is 73.4 Å². The summed E-state index contributed by atoms with van der Waals surface area (Å²) in [5.74, 6) is 0. The van der Waals surface area contributed by atoms with Crippen LogP contribution in [0.1, 0.15) is 29.0 Å². The molecule has 1 N–H and O–H groups in total. The molecule has 2 unspecified atom stereocenters. The van der Waals surface area contributed by atoms with E-state index >= 15 is 0 Å². The van der Waals surface area contributed by atoms with E-state index in [-0.39, 0.29) is 12.1 Å². The zero-order valence-electron chi connectivity index (χ0n) is 16.2. The highest BCUT2D eigenvalue weighted by atomic mass is 32.1. The van der Waals surface area contributed by atoms with Gasteiger partial charge in [-0.3, -0.25) is 15.0 Å². The molecule has 1 aliphatic heterocycles. The van der Waals surface area contributed by atoms with E-state index in [1.165, 1.54) is 0 Å². The van der Waals surface area contributed by atoms with E-state index in [4.69, 9.17) is 12.2 Å². The first-order valence-corrected chi connectivity index (χ1v) is 10.2. The minimum atomic E-state index is -0.0592. The smallest absolute Gasteiger partial charge is 0.170 e. The Balaban J connectivity index is 1.60. The lowest BCUT2D eigenvalue weighted by Crippen LogP contribution is -2.30. The van der Waals surface area contributed by atoms with Crippen molar-refractivity contribution in [1.82, 2.24) is 29.7 Å². The topological polar surface area (TPSA) is 58.9 Å². The molecule has 4 aromatic heterocycles. The van der Waals surface area contributed by atoms with Crippen LogP contribution in [0.3, 0.4) is 0 Å². The second-order valence-corrected chi connectivity index (χ2v) is 7.51. The summed E-state index contributed by atoms with van der Waals surface area (Å²) in [5, 5.41) is 4.23. The van der Waals surface area contributed by atoms with Crippen LogP contribution in [0.4, 0.5) is 0 Å². The fourth-order valence-electron chi connectivity index (χ4n) is 3.96. The molecule has 1 aliphatic rings. The molecule has 1 fully saturated rings. The molecule has 0 aromatic carbocycles. The van der Waals surface area contributed by atoms with Gasteiger partial charge in [0.05, 0.1) is 17.8 Å². The predicted octanol–water partition coefficient (Wildman–Crippen LogP) is 3.84. The van der Waals surface area contributed by atoms with Gasteiger partial charge in [0.2, 0.25) is 0 Å². The van der Waals surface area contributed by atoms with Crippen molar-refractivity contribution < 1.29 is 0 Å². The zero-order valence-corrected chi connectivity index (χ0v) is 17.0. The van der Waals surface area contributed by atoms with Crippen LogP contribution in [0.2, 0.25) is 0 Å². The van der Waals surface area contributed by atoms with Crippen molar-refractivity contribution in [3.05, 3.63) is 109 Å². The normalized spacial score (nSPS) is 18.4. The van der Waals surface area contributed by atoms with E-state index in [9.17, 15) is 0 Å². The van der Waals surface area contributed by atoms with Crippen LogP contribution in [0.25, 0.3) is 5.69 Å². The Bertz CT molecular complexity index is 1130. The zero-order chi connectivity index (χ0) is 20.3. The number of rotatable bonds is 5. The van der Waals surface area contributed by atoms with Crippen molar-refractivity contribution in [2.45, 2.75) is 18.6 Å². The maximum Gasteiger partial charge on any atom is 0.170 e. The van der Waals surface area contributed by atoms with E-state index < -0.39 is 0 Å². The predicted molar refractivity (Wildman–Crippen MR) is 119 cm³/mol. The summed E-state index contributed by atoms with van der Waals surface area (Å²) < 4.78 is 2.19. The molecule has 0 radical (unpaired) electrons. The molecule has 0 spiro atoms. The summed E-state index contributed by atoms with van der Waals surface area (Å²) in [6.07, 6.45) is 11.1. The Labute approximate surface area is 180 Å². The fraction of sp³-hybridized carbons (Fsp3) is 0.130. The maximum absolute atomic E-state index is 5.78. The molecule has 5 heterocycles. The first-order chi connectivity index (χ1) is 14.8. The summed E-state index contributed by atoms with van der Waals surface area (Å²) in [5.41, 5.74) is 4.32. The molecule has 7 heteroatoms. The second-order valence-electron chi connectivity index (χ2n) is 7.12. The van der Waals surface area contributed by atoms with Gasteiger partial charge in [0, 0.05) is 55.1 Å². The van der Waals surface area contributed by atoms with E-state index in [2.05, 4.69) is 48.1 Å². The van der Waals surface area contributed by atoms with Crippen molar-refractivity contribution in [3.63, 3.8) is 0 Å². The molecule has 0 bridgehead atoms. The molecular formula is C23H20N6S. The van der Waals surface area contributed by atoms with E-state index in [1.54, 1.807) is 0 Å². The molecule has 5 rings (SSSR count). The van der Waals surface area contributed by atoms with Crippen LogP contribution in [0.5, 0.6) is 0 Å². The summed E-state index contributed by atoms with van der Waals surface area (Å²) in [6.45, 7) is 0.684. The lowest BCUT2D eigenvalue weighted by atomic mass is 10.0. The molecule has 0 amide bonds. The number of nitrogens with zero attached hydrogens (tertiary/aromatic N) is 5. The number of thiocarbonyl (C=S) groups is 1. The molecule has 0 saturated carbocycles. The van der Waals surface area contributed by atoms with Gasteiger partial charge in [-0.1, -0.05) is 6.07 Å². The average Bonchev–Trinajstić information content (AvgIpc) is 3.40. The quantitative estimate of drug-likeness (QED) is 0.503. The van der Waals surface area contributed by atoms with Crippen LogP contribution in [0, 0.1) is 0 Å². The monoisotopic (exact) mass is 412 g/mol. The molecule has 0 aliphatic carbocycles. The van der Waals surface area contributed by atoms with Crippen LogP contribution < -0.4 is 5.32 Å². The van der Waals surface area contributed by atoms with E-state index in [0.29, 0.717) is 6.54 Å². The Hall–Kier alpha value is -3.58. The van der Waals surface area contributed by atoms with Crippen molar-refractivity contribution in [2.75, 3.05) is 0 Å². The van der Waals surface area contributed by atoms with Crippen LogP contribution in [-0.4, -0.2) is 29.5 Å². The van der Waals surface area contributed by atoms with Gasteiger partial charge < -0.3 is 14.8 Å². The third kappa shape index (κ3) is 3.44. The molecule has 2 atom stereocenters. The molecule has 4 aromatic rings. The highest BCUT2D eigenvalue weighted by molar-refractivity contribution is 7.80. The van der Waals surface area contributed by atoms with Crippen LogP contribution >= 0.6 is 12.2 Å². The number of hydrogen-bond acceptors (Lipinski definition) is 4. The molecule has 6 nitrogen and oxygen atoms in total. The molecule has 148 valence electrons. The van der Waals surface area contributed by atoms with Crippen LogP contribution in [-0.2, 0) is 6.54 Å². The number of aromatic nitrogens is 4. The molecule has 1 saturated heterocycles. The fourth-order valence-corrected chi connectivity index (χ4v) is 4.26. The first-order valence-electron chi connectivity index (χ1n) is 9.76. The van der Waals surface area contributed by atoms with Gasteiger partial charge in [0.25, 0.3) is 0 Å². The van der Waals surface area contributed by atoms with Gasteiger partial charge in [-0.2, -0.15) is 0 Å². The van der Waals surface area contributed by atoms with Crippen molar-refractivity contribution in [1.29, 1.82) is 0 Å². The van der Waals surface area contributed by atoms with Crippen molar-refractivity contribution in [2.24, 2.45) is 0 Å². The lowest BCUT2D eigenvalue weighted by Gasteiger charge is -2.29. The summed E-state index contributed by atoms with van der Waals surface area (Å²) >= 11 is 5.78. The lowest BCUT2D eigenvalue weighted by molar-refractivity contribution is 0.302. The minimum absolute atomic E-state index is 0.0243. The summed E-state index contributed by atoms with van der Waals surface area (Å²) in [6, 6.07) is 18.2. The van der Waals surface area contributed by atoms with E-state index in [0.717, 1.165) is 27.8 Å². The molecule has 30 heavy (non-hydrogen) atoms. The van der Waals surface area contributed by atoms with Gasteiger partial charge >= 0.3 is 0 Å². The van der Waals surface area contributed by atoms with Gasteiger partial charge in [0.15, 0.2) is 5.11 Å². The average molecular weight is 413 g/mol. The minimum Gasteiger partial charge on any atom is -0.352 e. The molecular weight excluding hydrogens is 392 g/mol. The Morgan fingerprint density at radius 3 is 2.37 bits per heavy atom. The third-order valence-corrected chi connectivity index (χ3v) is 5.68. The number of pyridine rings is 3. The highest BCUT2D eigenvalue weighted by Gasteiger charge is 2.41. The number of hydrogen-bond donors (Lipinski definition) is 1. The van der Waals surface area contributed by atoms with Crippen molar-refractivity contribution >= 4 is 17.3 Å². The highest BCUT2D eigenvalue weighted by Crippen LogP contribution is 2.40. The SMILES string of the molecule is S=C1NC(c2ccccn2)C(c2cccn2-c2ccncc2)N1Cc1ccncc1. The Kier molecular flexibility index (Phi) is 4.94. The summed E-state index contributed by atoms with van der Waals surface area (Å²) in [7, 11) is 0. The largest absolute Gasteiger partial charge is 0.352 e. The van der Waals surface area contributed by atoms with Gasteiger partial charge in [-0.15, -0.1) is 0 Å². The first kappa shape index (κ1) is 18.4. The third-order valence-electron chi connectivity index (χ3n) is 5.32. The number of nitrogens with one attached hydrogen (secondary N) is 1. The van der Waals surface area contributed by atoms with Crippen LogP contribution in [0.15, 0.2) is 91.8 Å². The van der Waals surface area contributed by atoms with Gasteiger partial charge in [-0.05, 0) is 66.3 Å². The Morgan fingerprint density at radius 2 is 1.63 bits per heavy atom. The standard InChI is InChI=1S/C23H20N6S/c30-23-27-21(19-4-1-2-10-26-19)22(29(23)16-17-6-11-24-12-7-17)20-5-3-15-28(20)18-8-13-25-14-9-18/h1-15,21-22H,16H2,(H,27,30). The van der Waals surface area contributed by atoms with Crippen molar-refractivity contribution in [3.8, 4) is 5.69 Å².